The lowest BCUT2D eigenvalue weighted by Gasteiger charge is -2.26. The van der Waals surface area contributed by atoms with Crippen molar-refractivity contribution in [1.82, 2.24) is 4.98 Å². The van der Waals surface area contributed by atoms with Gasteiger partial charge in [-0.2, -0.15) is 0 Å². The highest BCUT2D eigenvalue weighted by Gasteiger charge is 2.19. The monoisotopic (exact) mass is 770 g/mol. The maximum Gasteiger partial charge on any atom is 0.227 e. The minimum atomic E-state index is 0.598. The lowest BCUT2D eigenvalue weighted by atomic mass is 10.0. The van der Waals surface area contributed by atoms with Gasteiger partial charge in [-0.3, -0.25) is 0 Å². The normalized spacial score (nSPS) is 11.7. The molecule has 0 saturated carbocycles. The molecule has 0 fully saturated rings. The van der Waals surface area contributed by atoms with Crippen LogP contribution in [0.1, 0.15) is 0 Å². The molecule has 282 valence electrons. The number of benzene rings is 9. The van der Waals surface area contributed by atoms with Crippen LogP contribution in [0.15, 0.2) is 220 Å². The number of oxazole rings is 1. The maximum atomic E-state index is 6.62. The van der Waals surface area contributed by atoms with E-state index in [4.69, 9.17) is 18.2 Å². The van der Waals surface area contributed by atoms with Gasteiger partial charge in [-0.1, -0.05) is 140 Å². The third-order valence-corrected chi connectivity index (χ3v) is 11.5. The molecule has 0 N–H and O–H groups in total. The van der Waals surface area contributed by atoms with Crippen LogP contribution in [0, 0.1) is 0 Å². The minimum Gasteiger partial charge on any atom is -0.455 e. The number of hydrogen-bond donors (Lipinski definition) is 0. The molecule has 3 heterocycles. The molecular formula is C55H34N2O3. The predicted octanol–water partition coefficient (Wildman–Crippen LogP) is 15.8. The number of rotatable bonds is 7. The summed E-state index contributed by atoms with van der Waals surface area (Å²) in [4.78, 5) is 7.14. The van der Waals surface area contributed by atoms with Gasteiger partial charge in [0.25, 0.3) is 0 Å². The summed E-state index contributed by atoms with van der Waals surface area (Å²) in [6.07, 6.45) is 0. The van der Waals surface area contributed by atoms with E-state index in [0.717, 1.165) is 99.8 Å². The predicted molar refractivity (Wildman–Crippen MR) is 245 cm³/mol. The molecule has 0 bridgehead atoms. The van der Waals surface area contributed by atoms with Gasteiger partial charge in [-0.05, 0) is 82.9 Å². The lowest BCUT2D eigenvalue weighted by molar-refractivity contribution is 0.617. The van der Waals surface area contributed by atoms with Crippen LogP contribution in [0.4, 0.5) is 17.1 Å². The number of hydrogen-bond acceptors (Lipinski definition) is 5. The Morgan fingerprint density at radius 2 is 0.867 bits per heavy atom. The Kier molecular flexibility index (Phi) is 7.78. The quantitative estimate of drug-likeness (QED) is 0.162. The van der Waals surface area contributed by atoms with E-state index in [1.54, 1.807) is 0 Å². The van der Waals surface area contributed by atoms with E-state index in [0.29, 0.717) is 11.5 Å². The second-order valence-electron chi connectivity index (χ2n) is 15.1. The molecule has 0 aliphatic heterocycles. The molecule has 5 heteroatoms. The largest absolute Gasteiger partial charge is 0.455 e. The Hall–Kier alpha value is -8.15. The topological polar surface area (TPSA) is 55.6 Å². The second kappa shape index (κ2) is 13.8. The summed E-state index contributed by atoms with van der Waals surface area (Å²) in [6.45, 7) is 0. The zero-order valence-electron chi connectivity index (χ0n) is 32.2. The first-order valence-electron chi connectivity index (χ1n) is 20.1. The highest BCUT2D eigenvalue weighted by Crippen LogP contribution is 2.42. The van der Waals surface area contributed by atoms with Crippen molar-refractivity contribution in [2.45, 2.75) is 0 Å². The molecule has 0 aliphatic rings. The fraction of sp³-hybridized carbons (Fsp3) is 0. The third kappa shape index (κ3) is 5.67. The fourth-order valence-corrected chi connectivity index (χ4v) is 8.61. The van der Waals surface area contributed by atoms with Crippen molar-refractivity contribution >= 4 is 72.0 Å². The first-order valence-corrected chi connectivity index (χ1v) is 20.1. The molecule has 0 atom stereocenters. The number of nitrogens with zero attached hydrogens (tertiary/aromatic N) is 2. The molecule has 0 saturated heterocycles. The van der Waals surface area contributed by atoms with E-state index in [9.17, 15) is 0 Å². The summed E-state index contributed by atoms with van der Waals surface area (Å²) >= 11 is 0. The molecule has 0 unspecified atom stereocenters. The number of anilines is 3. The van der Waals surface area contributed by atoms with Crippen LogP contribution in [-0.4, -0.2) is 4.98 Å². The number of fused-ring (bicyclic) bond motifs is 7. The van der Waals surface area contributed by atoms with Crippen LogP contribution in [0.5, 0.6) is 0 Å². The summed E-state index contributed by atoms with van der Waals surface area (Å²) in [7, 11) is 0. The number of para-hydroxylation sites is 3. The van der Waals surface area contributed by atoms with Crippen LogP contribution in [0.25, 0.3) is 99.8 Å². The third-order valence-electron chi connectivity index (χ3n) is 11.5. The molecule has 0 amide bonds. The molecule has 60 heavy (non-hydrogen) atoms. The fourth-order valence-electron chi connectivity index (χ4n) is 8.61. The highest BCUT2D eigenvalue weighted by atomic mass is 16.4. The second-order valence-corrected chi connectivity index (χ2v) is 15.1. The standard InChI is InChI=1S/C55H34N2O3/c1-3-12-35(13-4-1)39-16-9-17-42(32-39)57(40-28-24-36(25-29-40)43-19-10-21-46-45-18-7-8-23-50(45)58-53(43)46)41-30-26-37(27-31-41)44-20-11-22-47-48-33-49-52(34-51(48)59-54(44)47)60-55(56-49)38-14-5-2-6-15-38/h1-34H. The van der Waals surface area contributed by atoms with Gasteiger partial charge >= 0.3 is 0 Å². The van der Waals surface area contributed by atoms with Crippen molar-refractivity contribution in [1.29, 1.82) is 0 Å². The average Bonchev–Trinajstić information content (AvgIpc) is 4.03. The van der Waals surface area contributed by atoms with E-state index >= 15 is 0 Å². The SMILES string of the molecule is c1ccc(-c2cccc(N(c3ccc(-c4cccc5c4oc4ccccc45)cc3)c3ccc(-c4cccc5c4oc4cc6oc(-c7ccccc7)nc6cc45)cc3)c2)cc1. The molecule has 0 aliphatic carbocycles. The molecule has 5 nitrogen and oxygen atoms in total. The van der Waals surface area contributed by atoms with E-state index in [1.165, 1.54) is 5.56 Å². The summed E-state index contributed by atoms with van der Waals surface area (Å²) < 4.78 is 19.2. The Bertz CT molecular complexity index is 3530. The summed E-state index contributed by atoms with van der Waals surface area (Å²) in [6, 6.07) is 71.7. The van der Waals surface area contributed by atoms with Crippen molar-refractivity contribution in [3.05, 3.63) is 206 Å². The Balaban J connectivity index is 0.934. The van der Waals surface area contributed by atoms with Gasteiger partial charge in [-0.15, -0.1) is 0 Å². The van der Waals surface area contributed by atoms with Gasteiger partial charge in [0.2, 0.25) is 5.89 Å². The minimum absolute atomic E-state index is 0.598. The first kappa shape index (κ1) is 33.9. The molecular weight excluding hydrogens is 737 g/mol. The Morgan fingerprint density at radius 1 is 0.317 bits per heavy atom. The van der Waals surface area contributed by atoms with Crippen molar-refractivity contribution < 1.29 is 13.3 Å². The van der Waals surface area contributed by atoms with Crippen LogP contribution < -0.4 is 4.90 Å². The molecule has 0 spiro atoms. The van der Waals surface area contributed by atoms with Crippen LogP contribution >= 0.6 is 0 Å². The number of aromatic nitrogens is 1. The van der Waals surface area contributed by atoms with Crippen molar-refractivity contribution in [3.63, 3.8) is 0 Å². The Morgan fingerprint density at radius 3 is 1.55 bits per heavy atom. The summed E-state index contributed by atoms with van der Waals surface area (Å²) in [5.74, 6) is 0.598. The van der Waals surface area contributed by atoms with E-state index in [2.05, 4.69) is 163 Å². The van der Waals surface area contributed by atoms with E-state index < -0.39 is 0 Å². The van der Waals surface area contributed by atoms with Gasteiger partial charge < -0.3 is 18.2 Å². The van der Waals surface area contributed by atoms with Gasteiger partial charge in [0, 0.05) is 61.4 Å². The molecule has 12 rings (SSSR count). The first-order chi connectivity index (χ1) is 29.7. The van der Waals surface area contributed by atoms with Gasteiger partial charge in [-0.25, -0.2) is 4.98 Å². The van der Waals surface area contributed by atoms with Gasteiger partial charge in [0.05, 0.1) is 0 Å². The molecule has 12 aromatic rings. The van der Waals surface area contributed by atoms with Crippen molar-refractivity contribution in [3.8, 4) is 44.8 Å². The van der Waals surface area contributed by atoms with E-state index in [1.807, 2.05) is 48.5 Å². The smallest absolute Gasteiger partial charge is 0.227 e. The van der Waals surface area contributed by atoms with Crippen LogP contribution in [-0.2, 0) is 0 Å². The van der Waals surface area contributed by atoms with Crippen molar-refractivity contribution in [2.75, 3.05) is 4.90 Å². The summed E-state index contributed by atoms with van der Waals surface area (Å²) in [5.41, 5.74) is 15.5. The lowest BCUT2D eigenvalue weighted by Crippen LogP contribution is -2.10. The van der Waals surface area contributed by atoms with Crippen molar-refractivity contribution in [2.24, 2.45) is 0 Å². The van der Waals surface area contributed by atoms with Gasteiger partial charge in [0.15, 0.2) is 5.58 Å². The molecule has 9 aromatic carbocycles. The van der Waals surface area contributed by atoms with Crippen LogP contribution in [0.3, 0.4) is 0 Å². The Labute approximate surface area is 345 Å². The summed E-state index contributed by atoms with van der Waals surface area (Å²) in [5, 5.41) is 4.29. The van der Waals surface area contributed by atoms with Gasteiger partial charge in [0.1, 0.15) is 27.8 Å². The number of furan rings is 2. The van der Waals surface area contributed by atoms with E-state index in [-0.39, 0.29) is 0 Å². The highest BCUT2D eigenvalue weighted by molar-refractivity contribution is 6.13. The molecule has 0 radical (unpaired) electrons. The maximum absolute atomic E-state index is 6.62. The zero-order valence-corrected chi connectivity index (χ0v) is 32.2. The molecule has 3 aromatic heterocycles. The average molecular weight is 771 g/mol. The van der Waals surface area contributed by atoms with Crippen LogP contribution in [0.2, 0.25) is 0 Å². The zero-order chi connectivity index (χ0) is 39.6.